The van der Waals surface area contributed by atoms with E-state index in [1.54, 1.807) is 6.07 Å². The Bertz CT molecular complexity index is 1080. The molecular formula is C21H27ClFN5O3. The predicted molar refractivity (Wildman–Crippen MR) is 118 cm³/mol. The van der Waals surface area contributed by atoms with Gasteiger partial charge < -0.3 is 14.5 Å². The average molecular weight is 452 g/mol. The summed E-state index contributed by atoms with van der Waals surface area (Å²) in [4.78, 5) is 22.0. The molecule has 0 spiro atoms. The zero-order chi connectivity index (χ0) is 21.1. The van der Waals surface area contributed by atoms with Crippen LogP contribution in [-0.4, -0.2) is 64.5 Å². The van der Waals surface area contributed by atoms with Gasteiger partial charge in [-0.3, -0.25) is 14.8 Å². The molecule has 0 bridgehead atoms. The van der Waals surface area contributed by atoms with E-state index in [4.69, 9.17) is 9.47 Å². The number of H-pyrrole nitrogens is 2. The van der Waals surface area contributed by atoms with E-state index in [9.17, 15) is 9.18 Å². The number of rotatable bonds is 7. The van der Waals surface area contributed by atoms with Crippen molar-refractivity contribution in [3.05, 3.63) is 51.5 Å². The second-order valence-electron chi connectivity index (χ2n) is 7.73. The lowest BCUT2D eigenvalue weighted by atomic mass is 10.1. The Morgan fingerprint density at radius 1 is 1.26 bits per heavy atom. The van der Waals surface area contributed by atoms with E-state index >= 15 is 0 Å². The van der Waals surface area contributed by atoms with Crippen molar-refractivity contribution in [1.82, 2.24) is 25.1 Å². The number of hydrogen-bond acceptors (Lipinski definition) is 6. The Morgan fingerprint density at radius 2 is 2.03 bits per heavy atom. The highest BCUT2D eigenvalue weighted by Crippen LogP contribution is 2.23. The maximum absolute atomic E-state index is 13.9. The van der Waals surface area contributed by atoms with Gasteiger partial charge in [0.15, 0.2) is 5.52 Å². The number of aromatic nitrogens is 4. The van der Waals surface area contributed by atoms with E-state index in [0.29, 0.717) is 29.3 Å². The smallest absolute Gasteiger partial charge is 0.279 e. The van der Waals surface area contributed by atoms with Gasteiger partial charge in [-0.05, 0) is 24.1 Å². The normalized spacial score (nSPS) is 14.7. The van der Waals surface area contributed by atoms with Crippen LogP contribution in [0.3, 0.4) is 0 Å². The van der Waals surface area contributed by atoms with Crippen molar-refractivity contribution < 1.29 is 13.9 Å². The summed E-state index contributed by atoms with van der Waals surface area (Å²) in [5.41, 5.74) is 1.95. The Kier molecular flexibility index (Phi) is 7.64. The molecule has 8 nitrogen and oxygen atoms in total. The minimum Gasteiger partial charge on any atom is -0.492 e. The van der Waals surface area contributed by atoms with Crippen molar-refractivity contribution in [2.45, 2.75) is 26.2 Å². The summed E-state index contributed by atoms with van der Waals surface area (Å²) in [7, 11) is 0. The zero-order valence-corrected chi connectivity index (χ0v) is 18.4. The van der Waals surface area contributed by atoms with E-state index in [0.717, 1.165) is 38.5 Å². The van der Waals surface area contributed by atoms with E-state index < -0.39 is 0 Å². The number of hydrogen-bond donors (Lipinski definition) is 2. The third-order valence-electron chi connectivity index (χ3n) is 5.21. The zero-order valence-electron chi connectivity index (χ0n) is 17.6. The Morgan fingerprint density at radius 3 is 2.77 bits per heavy atom. The van der Waals surface area contributed by atoms with E-state index in [1.807, 2.05) is 13.8 Å². The Balaban J connectivity index is 0.00000272. The summed E-state index contributed by atoms with van der Waals surface area (Å²) in [6.45, 7) is 8.49. The molecule has 3 aromatic rings. The van der Waals surface area contributed by atoms with Crippen LogP contribution in [0.5, 0.6) is 5.75 Å². The standard InChI is InChI=1S/C21H26FN5O3.ClH/c1-13(2)18-19-20(26-25-18)21(28)24-17(23-19)12-14-11-15(22)3-4-16(14)30-10-7-27-5-8-29-9-6-27;/h3-4,11,13H,5-10,12H2,1-2H3,(H,25,26)(H,23,24,28);1H. The van der Waals surface area contributed by atoms with Gasteiger partial charge in [0.1, 0.15) is 29.5 Å². The van der Waals surface area contributed by atoms with Crippen molar-refractivity contribution in [1.29, 1.82) is 0 Å². The fourth-order valence-electron chi connectivity index (χ4n) is 3.58. The van der Waals surface area contributed by atoms with Crippen LogP contribution in [0.4, 0.5) is 4.39 Å². The van der Waals surface area contributed by atoms with Crippen LogP contribution < -0.4 is 10.3 Å². The first-order valence-corrected chi connectivity index (χ1v) is 10.2. The fourth-order valence-corrected chi connectivity index (χ4v) is 3.58. The molecule has 0 unspecified atom stereocenters. The molecular weight excluding hydrogens is 425 g/mol. The third kappa shape index (κ3) is 5.41. The first kappa shape index (κ1) is 23.2. The van der Waals surface area contributed by atoms with Gasteiger partial charge in [-0.15, -0.1) is 12.4 Å². The van der Waals surface area contributed by atoms with Crippen molar-refractivity contribution >= 4 is 23.4 Å². The molecule has 3 heterocycles. The quantitative estimate of drug-likeness (QED) is 0.573. The summed E-state index contributed by atoms with van der Waals surface area (Å²) in [6, 6.07) is 4.42. The molecule has 0 saturated carbocycles. The van der Waals surface area contributed by atoms with E-state index in [2.05, 4.69) is 25.1 Å². The maximum Gasteiger partial charge on any atom is 0.279 e. The molecule has 0 atom stereocenters. The second-order valence-corrected chi connectivity index (χ2v) is 7.73. The highest BCUT2D eigenvalue weighted by molar-refractivity contribution is 5.85. The monoisotopic (exact) mass is 451 g/mol. The number of nitrogens with zero attached hydrogens (tertiary/aromatic N) is 3. The van der Waals surface area contributed by atoms with Gasteiger partial charge in [-0.2, -0.15) is 5.10 Å². The van der Waals surface area contributed by atoms with Crippen LogP contribution in [0.25, 0.3) is 11.0 Å². The number of morpholine rings is 1. The molecule has 0 amide bonds. The summed E-state index contributed by atoms with van der Waals surface area (Å²) >= 11 is 0. The van der Waals surface area contributed by atoms with Crippen LogP contribution >= 0.6 is 12.4 Å². The fraction of sp³-hybridized carbons (Fsp3) is 0.476. The highest BCUT2D eigenvalue weighted by atomic mass is 35.5. The Labute approximate surface area is 185 Å². The second kappa shape index (κ2) is 10.2. The number of aromatic amines is 2. The molecule has 1 saturated heterocycles. The van der Waals surface area contributed by atoms with Gasteiger partial charge in [0.2, 0.25) is 0 Å². The molecule has 1 aromatic carbocycles. The Hall–Kier alpha value is -2.49. The third-order valence-corrected chi connectivity index (χ3v) is 5.21. The van der Waals surface area contributed by atoms with Gasteiger partial charge in [0.05, 0.1) is 18.9 Å². The number of benzene rings is 1. The molecule has 168 valence electrons. The van der Waals surface area contributed by atoms with Crippen LogP contribution in [0, 0.1) is 5.82 Å². The van der Waals surface area contributed by atoms with Gasteiger partial charge in [-0.1, -0.05) is 13.8 Å². The van der Waals surface area contributed by atoms with Crippen molar-refractivity contribution in [2.75, 3.05) is 39.5 Å². The van der Waals surface area contributed by atoms with Gasteiger partial charge in [0, 0.05) is 31.6 Å². The van der Waals surface area contributed by atoms with Crippen LogP contribution in [0.15, 0.2) is 23.0 Å². The minimum atomic E-state index is -0.361. The summed E-state index contributed by atoms with van der Waals surface area (Å²) in [5, 5.41) is 6.97. The molecule has 1 aliphatic heterocycles. The molecule has 0 aliphatic carbocycles. The van der Waals surface area contributed by atoms with E-state index in [1.165, 1.54) is 12.1 Å². The SMILES string of the molecule is CC(C)c1[nH]nc2c(=O)[nH]c(Cc3cc(F)ccc3OCCN3CCOCC3)nc12.Cl. The van der Waals surface area contributed by atoms with Gasteiger partial charge in [0.25, 0.3) is 5.56 Å². The van der Waals surface area contributed by atoms with Crippen molar-refractivity contribution in [2.24, 2.45) is 0 Å². The number of nitrogens with one attached hydrogen (secondary N) is 2. The summed E-state index contributed by atoms with van der Waals surface area (Å²) in [6.07, 6.45) is 0.249. The van der Waals surface area contributed by atoms with E-state index in [-0.39, 0.29) is 41.6 Å². The maximum atomic E-state index is 13.9. The number of fused-ring (bicyclic) bond motifs is 1. The molecule has 1 aliphatic rings. The highest BCUT2D eigenvalue weighted by Gasteiger charge is 2.16. The van der Waals surface area contributed by atoms with Crippen LogP contribution in [-0.2, 0) is 11.2 Å². The molecule has 4 rings (SSSR count). The first-order valence-electron chi connectivity index (χ1n) is 10.2. The minimum absolute atomic E-state index is 0. The summed E-state index contributed by atoms with van der Waals surface area (Å²) < 4.78 is 25.2. The molecule has 0 radical (unpaired) electrons. The lowest BCUT2D eigenvalue weighted by Gasteiger charge is -2.26. The molecule has 2 aromatic heterocycles. The molecule has 1 fully saturated rings. The molecule has 31 heavy (non-hydrogen) atoms. The molecule has 10 heteroatoms. The molecule has 2 N–H and O–H groups in total. The van der Waals surface area contributed by atoms with Crippen LogP contribution in [0.2, 0.25) is 0 Å². The largest absolute Gasteiger partial charge is 0.492 e. The number of halogens is 2. The topological polar surface area (TPSA) is 96.1 Å². The first-order chi connectivity index (χ1) is 14.5. The van der Waals surface area contributed by atoms with Gasteiger partial charge in [-0.25, -0.2) is 9.37 Å². The van der Waals surface area contributed by atoms with Crippen LogP contribution in [0.1, 0.15) is 36.8 Å². The summed E-state index contributed by atoms with van der Waals surface area (Å²) in [5.74, 6) is 0.814. The number of ether oxygens (including phenoxy) is 2. The van der Waals surface area contributed by atoms with Crippen molar-refractivity contribution in [3.8, 4) is 5.75 Å². The lowest BCUT2D eigenvalue weighted by molar-refractivity contribution is 0.0322. The lowest BCUT2D eigenvalue weighted by Crippen LogP contribution is -2.38. The van der Waals surface area contributed by atoms with Crippen molar-refractivity contribution in [3.63, 3.8) is 0 Å². The van der Waals surface area contributed by atoms with Gasteiger partial charge >= 0.3 is 0 Å². The predicted octanol–water partition coefficient (Wildman–Crippen LogP) is 2.63. The average Bonchev–Trinajstić information content (AvgIpc) is 3.15.